The summed E-state index contributed by atoms with van der Waals surface area (Å²) in [5, 5.41) is 5.58. The van der Waals surface area contributed by atoms with Crippen LogP contribution in [0.1, 0.15) is 36.0 Å². The van der Waals surface area contributed by atoms with E-state index < -0.39 is 5.91 Å². The summed E-state index contributed by atoms with van der Waals surface area (Å²) in [7, 11) is 0. The smallest absolute Gasteiger partial charge is 0.309 e. The van der Waals surface area contributed by atoms with E-state index in [1.54, 1.807) is 42.7 Å². The van der Waals surface area contributed by atoms with Crippen LogP contribution in [0.15, 0.2) is 42.7 Å². The van der Waals surface area contributed by atoms with Gasteiger partial charge in [-0.05, 0) is 49.9 Å². The molecule has 0 spiro atoms. The molecule has 0 bridgehead atoms. The van der Waals surface area contributed by atoms with Crippen molar-refractivity contribution in [3.8, 4) is 0 Å². The van der Waals surface area contributed by atoms with Crippen LogP contribution < -0.4 is 15.5 Å². The lowest BCUT2D eigenvalue weighted by atomic mass is 9.97. The fourth-order valence-electron chi connectivity index (χ4n) is 3.46. The molecule has 2 fully saturated rings. The monoisotopic (exact) mass is 423 g/mol. The molecular weight excluding hydrogens is 398 g/mol. The topological polar surface area (TPSA) is 114 Å². The summed E-state index contributed by atoms with van der Waals surface area (Å²) in [6.45, 7) is 0.955. The van der Waals surface area contributed by atoms with Gasteiger partial charge in [0, 0.05) is 42.8 Å². The minimum absolute atomic E-state index is 0.155. The average Bonchev–Trinajstić information content (AvgIpc) is 3.62. The number of piperidine rings is 1. The van der Waals surface area contributed by atoms with Crippen molar-refractivity contribution in [2.24, 2.45) is 5.92 Å². The molecular formula is C22H25N5O4. The number of hydrogen-bond acceptors (Lipinski definition) is 7. The maximum absolute atomic E-state index is 12.3. The van der Waals surface area contributed by atoms with Gasteiger partial charge in [0.05, 0.1) is 5.92 Å². The van der Waals surface area contributed by atoms with Crippen LogP contribution in [0, 0.1) is 5.92 Å². The highest BCUT2D eigenvalue weighted by molar-refractivity contribution is 5.98. The molecule has 1 saturated heterocycles. The molecule has 1 aromatic heterocycles. The molecule has 0 unspecified atom stereocenters. The van der Waals surface area contributed by atoms with Crippen molar-refractivity contribution in [2.75, 3.05) is 29.9 Å². The summed E-state index contributed by atoms with van der Waals surface area (Å²) in [5.74, 6) is -0.564. The highest BCUT2D eigenvalue weighted by Crippen LogP contribution is 2.22. The maximum atomic E-state index is 12.3. The summed E-state index contributed by atoms with van der Waals surface area (Å²) in [6, 6.07) is 8.72. The standard InChI is InChI=1S/C22H25N5O4/c28-19(25-18-4-1-3-16(13-18)20(29)26-17-5-6-17)14-31-21(30)15-7-11-27(12-8-15)22-23-9-2-10-24-22/h1-4,9-10,13,15,17H,5-8,11-12,14H2,(H,25,28)(H,26,29). The summed E-state index contributed by atoms with van der Waals surface area (Å²) < 4.78 is 5.22. The number of aromatic nitrogens is 2. The van der Waals surface area contributed by atoms with E-state index in [0.29, 0.717) is 43.1 Å². The van der Waals surface area contributed by atoms with Gasteiger partial charge in [-0.3, -0.25) is 14.4 Å². The van der Waals surface area contributed by atoms with Crippen molar-refractivity contribution in [1.82, 2.24) is 15.3 Å². The van der Waals surface area contributed by atoms with E-state index in [1.807, 2.05) is 4.90 Å². The molecule has 0 radical (unpaired) electrons. The second-order valence-corrected chi connectivity index (χ2v) is 7.79. The molecule has 1 saturated carbocycles. The van der Waals surface area contributed by atoms with Crippen LogP contribution in [-0.4, -0.2) is 53.5 Å². The fraction of sp³-hybridized carbons (Fsp3) is 0.409. The number of carbonyl (C=O) groups excluding carboxylic acids is 3. The summed E-state index contributed by atoms with van der Waals surface area (Å²) in [5.41, 5.74) is 0.969. The first-order valence-electron chi connectivity index (χ1n) is 10.5. The number of hydrogen-bond donors (Lipinski definition) is 2. The van der Waals surface area contributed by atoms with Crippen LogP contribution in [0.2, 0.25) is 0 Å². The Bertz CT molecular complexity index is 940. The molecule has 1 aromatic carbocycles. The number of esters is 1. The lowest BCUT2D eigenvalue weighted by Gasteiger charge is -2.30. The number of amides is 2. The van der Waals surface area contributed by atoms with Crippen LogP contribution in [0.3, 0.4) is 0 Å². The quantitative estimate of drug-likeness (QED) is 0.653. The normalized spacial score (nSPS) is 16.5. The van der Waals surface area contributed by atoms with Gasteiger partial charge in [0.15, 0.2) is 6.61 Å². The molecule has 1 aliphatic heterocycles. The Kier molecular flexibility index (Phi) is 6.40. The van der Waals surface area contributed by atoms with E-state index >= 15 is 0 Å². The Hall–Kier alpha value is -3.49. The average molecular weight is 423 g/mol. The molecule has 9 heteroatoms. The molecule has 9 nitrogen and oxygen atoms in total. The number of anilines is 2. The zero-order valence-corrected chi connectivity index (χ0v) is 17.1. The minimum atomic E-state index is -0.441. The van der Waals surface area contributed by atoms with Gasteiger partial charge < -0.3 is 20.3 Å². The first-order valence-corrected chi connectivity index (χ1v) is 10.5. The van der Waals surface area contributed by atoms with E-state index in [4.69, 9.17) is 4.74 Å². The zero-order chi connectivity index (χ0) is 21.6. The molecule has 2 heterocycles. The molecule has 2 aromatic rings. The lowest BCUT2D eigenvalue weighted by molar-refractivity contribution is -0.152. The number of rotatable bonds is 7. The van der Waals surface area contributed by atoms with E-state index in [9.17, 15) is 14.4 Å². The van der Waals surface area contributed by atoms with Crippen molar-refractivity contribution in [1.29, 1.82) is 0 Å². The highest BCUT2D eigenvalue weighted by atomic mass is 16.5. The lowest BCUT2D eigenvalue weighted by Crippen LogP contribution is -2.38. The molecule has 1 aliphatic carbocycles. The highest BCUT2D eigenvalue weighted by Gasteiger charge is 2.28. The van der Waals surface area contributed by atoms with Crippen LogP contribution in [-0.2, 0) is 14.3 Å². The van der Waals surface area contributed by atoms with Crippen molar-refractivity contribution >= 4 is 29.4 Å². The van der Waals surface area contributed by atoms with Crippen LogP contribution in [0.5, 0.6) is 0 Å². The second kappa shape index (κ2) is 9.55. The van der Waals surface area contributed by atoms with Crippen molar-refractivity contribution < 1.29 is 19.1 Å². The largest absolute Gasteiger partial charge is 0.455 e. The number of nitrogens with one attached hydrogen (secondary N) is 2. The van der Waals surface area contributed by atoms with Crippen molar-refractivity contribution in [3.63, 3.8) is 0 Å². The van der Waals surface area contributed by atoms with Gasteiger partial charge in [0.25, 0.3) is 11.8 Å². The minimum Gasteiger partial charge on any atom is -0.455 e. The van der Waals surface area contributed by atoms with Crippen LogP contribution in [0.25, 0.3) is 0 Å². The zero-order valence-electron chi connectivity index (χ0n) is 17.1. The number of ether oxygens (including phenoxy) is 1. The Balaban J connectivity index is 1.21. The third-order valence-electron chi connectivity index (χ3n) is 5.33. The first-order chi connectivity index (χ1) is 15.1. The van der Waals surface area contributed by atoms with Crippen LogP contribution in [0.4, 0.5) is 11.6 Å². The summed E-state index contributed by atoms with van der Waals surface area (Å²) in [6.07, 6.45) is 6.64. The van der Waals surface area contributed by atoms with Gasteiger partial charge in [-0.1, -0.05) is 6.07 Å². The molecule has 162 valence electrons. The SMILES string of the molecule is O=C(COC(=O)C1CCN(c2ncccn2)CC1)Nc1cccc(C(=O)NC2CC2)c1. The molecule has 2 aliphatic rings. The predicted octanol–water partition coefficient (Wildman–Crippen LogP) is 1.77. The van der Waals surface area contributed by atoms with Gasteiger partial charge in [0.1, 0.15) is 0 Å². The van der Waals surface area contributed by atoms with Gasteiger partial charge in [-0.2, -0.15) is 0 Å². The van der Waals surface area contributed by atoms with E-state index in [-0.39, 0.29) is 30.4 Å². The number of nitrogens with zero attached hydrogens (tertiary/aromatic N) is 3. The Labute approximate surface area is 180 Å². The van der Waals surface area contributed by atoms with Gasteiger partial charge in [-0.15, -0.1) is 0 Å². The summed E-state index contributed by atoms with van der Waals surface area (Å²) in [4.78, 5) is 47.2. The van der Waals surface area contributed by atoms with Gasteiger partial charge in [0.2, 0.25) is 5.95 Å². The Morgan fingerprint density at radius 2 is 1.77 bits per heavy atom. The maximum Gasteiger partial charge on any atom is 0.309 e. The predicted molar refractivity (Wildman–Crippen MR) is 113 cm³/mol. The summed E-state index contributed by atoms with van der Waals surface area (Å²) >= 11 is 0. The molecule has 2 N–H and O–H groups in total. The molecule has 2 amide bonds. The second-order valence-electron chi connectivity index (χ2n) is 7.79. The third kappa shape index (κ3) is 5.78. The van der Waals surface area contributed by atoms with E-state index in [0.717, 1.165) is 12.8 Å². The van der Waals surface area contributed by atoms with Gasteiger partial charge >= 0.3 is 5.97 Å². The Morgan fingerprint density at radius 3 is 2.48 bits per heavy atom. The van der Waals surface area contributed by atoms with Gasteiger partial charge in [-0.25, -0.2) is 9.97 Å². The molecule has 31 heavy (non-hydrogen) atoms. The van der Waals surface area contributed by atoms with E-state index in [2.05, 4.69) is 20.6 Å². The third-order valence-corrected chi connectivity index (χ3v) is 5.33. The Morgan fingerprint density at radius 1 is 1.03 bits per heavy atom. The number of carbonyl (C=O) groups is 3. The fourth-order valence-corrected chi connectivity index (χ4v) is 3.46. The molecule has 4 rings (SSSR count). The van der Waals surface area contributed by atoms with Crippen LogP contribution >= 0.6 is 0 Å². The van der Waals surface area contributed by atoms with E-state index in [1.165, 1.54) is 0 Å². The van der Waals surface area contributed by atoms with Crippen molar-refractivity contribution in [3.05, 3.63) is 48.3 Å². The molecule has 0 atom stereocenters. The van der Waals surface area contributed by atoms with Crippen molar-refractivity contribution in [2.45, 2.75) is 31.7 Å². The first kappa shape index (κ1) is 20.8. The number of benzene rings is 1.